The van der Waals surface area contributed by atoms with E-state index in [-0.39, 0.29) is 16.9 Å². The van der Waals surface area contributed by atoms with Crippen LogP contribution in [-0.2, 0) is 20.9 Å². The molecule has 1 aliphatic rings. The van der Waals surface area contributed by atoms with Gasteiger partial charge in [-0.25, -0.2) is 0 Å². The van der Waals surface area contributed by atoms with Crippen LogP contribution in [0.5, 0.6) is 5.75 Å². The molecule has 0 saturated carbocycles. The van der Waals surface area contributed by atoms with Crippen LogP contribution in [0, 0.1) is 5.41 Å². The van der Waals surface area contributed by atoms with Crippen LogP contribution in [0.2, 0.25) is 0 Å². The molecule has 7 heteroatoms. The van der Waals surface area contributed by atoms with E-state index in [4.69, 9.17) is 20.9 Å². The Labute approximate surface area is 161 Å². The monoisotopic (exact) mass is 441 g/mol. The van der Waals surface area contributed by atoms with E-state index in [1.807, 2.05) is 36.4 Å². The van der Waals surface area contributed by atoms with Gasteiger partial charge in [-0.3, -0.25) is 0 Å². The first-order valence-corrected chi connectivity index (χ1v) is 11.5. The van der Waals surface area contributed by atoms with Gasteiger partial charge in [0, 0.05) is 15.6 Å². The van der Waals surface area contributed by atoms with Crippen molar-refractivity contribution in [1.82, 2.24) is 0 Å². The number of nitrogens with one attached hydrogen (secondary N) is 1. The standard InChI is InChI=1S/C18H21BrNO3PS/c1-18(2)11-22-24(25,23-12-18)17(13-3-9-16(21)10-4-13)20-15-7-5-14(19)6-8-15/h3-10,17,20-21H,11-12H2,1-2H3. The molecule has 1 unspecified atom stereocenters. The molecule has 1 heterocycles. The molecule has 1 fully saturated rings. The van der Waals surface area contributed by atoms with Crippen LogP contribution in [0.15, 0.2) is 53.0 Å². The number of halogens is 1. The maximum Gasteiger partial charge on any atom is 0.215 e. The summed E-state index contributed by atoms with van der Waals surface area (Å²) in [4.78, 5) is 0. The normalized spacial score (nSPS) is 20.0. The van der Waals surface area contributed by atoms with Crippen molar-refractivity contribution in [1.29, 1.82) is 0 Å². The lowest BCUT2D eigenvalue weighted by Gasteiger charge is -2.40. The largest absolute Gasteiger partial charge is 0.508 e. The van der Waals surface area contributed by atoms with E-state index in [1.54, 1.807) is 12.1 Å². The number of hydrogen-bond acceptors (Lipinski definition) is 5. The number of phenolic OH excluding ortho intramolecular Hbond substituents is 1. The second-order valence-corrected chi connectivity index (χ2v) is 11.5. The summed E-state index contributed by atoms with van der Waals surface area (Å²) in [5.74, 6) is -0.0742. The summed E-state index contributed by atoms with van der Waals surface area (Å²) in [7, 11) is 0. The van der Waals surface area contributed by atoms with Crippen molar-refractivity contribution in [3.05, 3.63) is 58.6 Å². The Morgan fingerprint density at radius 3 is 2.20 bits per heavy atom. The summed E-state index contributed by atoms with van der Waals surface area (Å²) >= 11 is 9.30. The molecule has 1 atom stereocenters. The number of benzene rings is 2. The quantitative estimate of drug-likeness (QED) is 0.600. The highest BCUT2D eigenvalue weighted by molar-refractivity contribution is 9.10. The van der Waals surface area contributed by atoms with Crippen molar-refractivity contribution in [2.24, 2.45) is 5.41 Å². The molecule has 0 bridgehead atoms. The van der Waals surface area contributed by atoms with Gasteiger partial charge in [-0.2, -0.15) is 0 Å². The smallest absolute Gasteiger partial charge is 0.215 e. The predicted molar refractivity (Wildman–Crippen MR) is 109 cm³/mol. The minimum Gasteiger partial charge on any atom is -0.508 e. The summed E-state index contributed by atoms with van der Waals surface area (Å²) in [6.07, 6.45) is 0. The van der Waals surface area contributed by atoms with Gasteiger partial charge in [-0.05, 0) is 53.8 Å². The molecule has 0 amide bonds. The summed E-state index contributed by atoms with van der Waals surface area (Å²) in [5.41, 5.74) is 1.82. The zero-order valence-corrected chi connectivity index (χ0v) is 17.4. The highest BCUT2D eigenvalue weighted by Crippen LogP contribution is 2.64. The van der Waals surface area contributed by atoms with Gasteiger partial charge in [0.1, 0.15) is 11.5 Å². The van der Waals surface area contributed by atoms with Gasteiger partial charge in [0.15, 0.2) is 0 Å². The predicted octanol–water partition coefficient (Wildman–Crippen LogP) is 5.65. The first kappa shape index (κ1) is 18.9. The number of aromatic hydroxyl groups is 1. The van der Waals surface area contributed by atoms with E-state index in [1.165, 1.54) is 0 Å². The lowest BCUT2D eigenvalue weighted by molar-refractivity contribution is 0.0579. The first-order chi connectivity index (χ1) is 11.8. The SMILES string of the molecule is CC1(C)COP(=S)(C(Nc2ccc(Br)cc2)c2ccc(O)cc2)OC1. The molecule has 2 aromatic carbocycles. The zero-order valence-electron chi connectivity index (χ0n) is 14.1. The maximum atomic E-state index is 9.60. The van der Waals surface area contributed by atoms with Crippen molar-refractivity contribution in [3.8, 4) is 5.75 Å². The van der Waals surface area contributed by atoms with Crippen molar-refractivity contribution in [3.63, 3.8) is 0 Å². The number of rotatable bonds is 4. The summed E-state index contributed by atoms with van der Waals surface area (Å²) < 4.78 is 13.2. The molecular formula is C18H21BrNO3PS. The van der Waals surface area contributed by atoms with Crippen LogP contribution in [0.4, 0.5) is 5.69 Å². The Kier molecular flexibility index (Phi) is 5.57. The first-order valence-electron chi connectivity index (χ1n) is 7.97. The molecule has 1 aliphatic heterocycles. The van der Waals surface area contributed by atoms with Crippen molar-refractivity contribution >= 4 is 39.9 Å². The topological polar surface area (TPSA) is 50.7 Å². The highest BCUT2D eigenvalue weighted by atomic mass is 79.9. The summed E-state index contributed by atoms with van der Waals surface area (Å²) in [6, 6.07) is 14.9. The van der Waals surface area contributed by atoms with Gasteiger partial charge >= 0.3 is 0 Å². The molecule has 0 aliphatic carbocycles. The summed E-state index contributed by atoms with van der Waals surface area (Å²) in [6.45, 7) is 2.75. The van der Waals surface area contributed by atoms with E-state index in [9.17, 15) is 5.11 Å². The fourth-order valence-corrected chi connectivity index (χ4v) is 5.84. The molecule has 0 radical (unpaired) electrons. The van der Waals surface area contributed by atoms with Gasteiger partial charge in [0.05, 0.1) is 13.2 Å². The molecule has 2 aromatic rings. The average Bonchev–Trinajstić information content (AvgIpc) is 2.58. The second kappa shape index (κ2) is 7.37. The third-order valence-electron chi connectivity index (χ3n) is 3.94. The third-order valence-corrected chi connectivity index (χ3v) is 7.77. The van der Waals surface area contributed by atoms with Crippen molar-refractivity contribution in [2.45, 2.75) is 19.6 Å². The Morgan fingerprint density at radius 1 is 1.08 bits per heavy atom. The lowest BCUT2D eigenvalue weighted by atomic mass is 9.97. The molecule has 134 valence electrons. The fraction of sp³-hybridized carbons (Fsp3) is 0.333. The minimum absolute atomic E-state index is 0.0422. The lowest BCUT2D eigenvalue weighted by Crippen LogP contribution is -2.31. The molecule has 0 aromatic heterocycles. The van der Waals surface area contributed by atoms with E-state index >= 15 is 0 Å². The fourth-order valence-electron chi connectivity index (χ4n) is 2.46. The highest BCUT2D eigenvalue weighted by Gasteiger charge is 2.40. The molecule has 0 spiro atoms. The Morgan fingerprint density at radius 2 is 1.64 bits per heavy atom. The van der Waals surface area contributed by atoms with E-state index in [0.717, 1.165) is 15.7 Å². The van der Waals surface area contributed by atoms with Gasteiger partial charge in [0.2, 0.25) is 6.49 Å². The van der Waals surface area contributed by atoms with Gasteiger partial charge < -0.3 is 19.5 Å². The third kappa shape index (κ3) is 4.63. The van der Waals surface area contributed by atoms with Crippen molar-refractivity contribution < 1.29 is 14.2 Å². The Hall–Kier alpha value is -0.910. The Balaban J connectivity index is 1.92. The molecule has 3 rings (SSSR count). The van der Waals surface area contributed by atoms with Crippen LogP contribution in [-0.4, -0.2) is 18.3 Å². The minimum atomic E-state index is -2.59. The van der Waals surface area contributed by atoms with Crippen molar-refractivity contribution in [2.75, 3.05) is 18.5 Å². The molecule has 4 nitrogen and oxygen atoms in total. The second-order valence-electron chi connectivity index (χ2n) is 6.90. The van der Waals surface area contributed by atoms with E-state index in [0.29, 0.717) is 13.2 Å². The van der Waals surface area contributed by atoms with Crippen LogP contribution >= 0.6 is 22.4 Å². The molecule has 2 N–H and O–H groups in total. The van der Waals surface area contributed by atoms with Crippen LogP contribution < -0.4 is 5.32 Å². The molecule has 1 saturated heterocycles. The van der Waals surface area contributed by atoms with Gasteiger partial charge in [0.25, 0.3) is 0 Å². The van der Waals surface area contributed by atoms with Crippen LogP contribution in [0.1, 0.15) is 25.2 Å². The number of anilines is 1. The van der Waals surface area contributed by atoms with Gasteiger partial charge in [-0.1, -0.05) is 41.9 Å². The van der Waals surface area contributed by atoms with Crippen LogP contribution in [0.25, 0.3) is 0 Å². The molecular weight excluding hydrogens is 421 g/mol. The van der Waals surface area contributed by atoms with E-state index in [2.05, 4.69) is 35.1 Å². The molecule has 25 heavy (non-hydrogen) atoms. The average molecular weight is 442 g/mol. The number of phenols is 1. The van der Waals surface area contributed by atoms with Crippen LogP contribution in [0.3, 0.4) is 0 Å². The van der Waals surface area contributed by atoms with Gasteiger partial charge in [-0.15, -0.1) is 0 Å². The van der Waals surface area contributed by atoms with E-state index < -0.39 is 6.49 Å². The summed E-state index contributed by atoms with van der Waals surface area (Å²) in [5, 5.41) is 13.1. The maximum absolute atomic E-state index is 9.60. The Bertz CT molecular complexity index is 766. The number of hydrogen-bond donors (Lipinski definition) is 2. The zero-order chi connectivity index (χ0) is 18.1.